The zero-order chi connectivity index (χ0) is 13.8. The first kappa shape index (κ1) is 14.4. The summed E-state index contributed by atoms with van der Waals surface area (Å²) in [5, 5.41) is 0. The van der Waals surface area contributed by atoms with Gasteiger partial charge in [0.05, 0.1) is 11.0 Å². The molecule has 0 aliphatic carbocycles. The number of aromatic nitrogens is 2. The number of aryl methyl sites for hydroxylation is 1. The highest BCUT2D eigenvalue weighted by Crippen LogP contribution is 2.26. The number of hydrogen-bond acceptors (Lipinski definition) is 1. The van der Waals surface area contributed by atoms with Crippen LogP contribution in [0.15, 0.2) is 24.3 Å². The zero-order valence-corrected chi connectivity index (χ0v) is 12.8. The molecule has 0 amide bonds. The average molecular weight is 279 g/mol. The van der Waals surface area contributed by atoms with Gasteiger partial charge in [0.15, 0.2) is 0 Å². The van der Waals surface area contributed by atoms with Gasteiger partial charge in [-0.3, -0.25) is 0 Å². The summed E-state index contributed by atoms with van der Waals surface area (Å²) < 4.78 is 2.38. The summed E-state index contributed by atoms with van der Waals surface area (Å²) in [7, 11) is 0. The Bertz CT molecular complexity index is 533. The number of benzene rings is 1. The van der Waals surface area contributed by atoms with E-state index in [4.69, 9.17) is 16.6 Å². The van der Waals surface area contributed by atoms with Crippen LogP contribution in [0, 0.1) is 5.92 Å². The summed E-state index contributed by atoms with van der Waals surface area (Å²) in [6, 6.07) is 8.84. The van der Waals surface area contributed by atoms with Crippen molar-refractivity contribution in [1.82, 2.24) is 9.55 Å². The molecule has 1 heterocycles. The van der Waals surface area contributed by atoms with Crippen molar-refractivity contribution >= 4 is 22.6 Å². The third-order valence-corrected chi connectivity index (χ3v) is 4.06. The van der Waals surface area contributed by atoms with E-state index in [0.717, 1.165) is 23.7 Å². The predicted octanol–water partition coefficient (Wildman–Crippen LogP) is 4.81. The molecule has 2 atom stereocenters. The lowest BCUT2D eigenvalue weighted by Crippen LogP contribution is -2.12. The number of alkyl halides is 1. The Balaban J connectivity index is 2.40. The Morgan fingerprint density at radius 3 is 2.68 bits per heavy atom. The highest BCUT2D eigenvalue weighted by atomic mass is 35.5. The number of rotatable bonds is 6. The predicted molar refractivity (Wildman–Crippen MR) is 82.9 cm³/mol. The molecular formula is C16H23ClN2. The lowest BCUT2D eigenvalue weighted by molar-refractivity contribution is 0.397. The van der Waals surface area contributed by atoms with Crippen molar-refractivity contribution in [2.75, 3.05) is 5.88 Å². The number of imidazole rings is 1. The van der Waals surface area contributed by atoms with Gasteiger partial charge in [-0.1, -0.05) is 32.4 Å². The van der Waals surface area contributed by atoms with Crippen molar-refractivity contribution in [2.24, 2.45) is 5.92 Å². The van der Waals surface area contributed by atoms with Crippen molar-refractivity contribution < 1.29 is 0 Å². The standard InChI is InChI=1S/C16H23ClN2/c1-4-12(2)11-13(3)19-15-8-6-5-7-14(15)18-16(19)9-10-17/h5-8,12-13H,4,9-11H2,1-3H3. The van der Waals surface area contributed by atoms with Gasteiger partial charge in [0.1, 0.15) is 5.82 Å². The van der Waals surface area contributed by atoms with Crippen LogP contribution in [-0.2, 0) is 6.42 Å². The molecule has 0 aliphatic heterocycles. The van der Waals surface area contributed by atoms with Crippen LogP contribution in [0.3, 0.4) is 0 Å². The van der Waals surface area contributed by atoms with E-state index in [1.165, 1.54) is 18.4 Å². The SMILES string of the molecule is CCC(C)CC(C)n1c(CCCl)nc2ccccc21. The van der Waals surface area contributed by atoms with Gasteiger partial charge >= 0.3 is 0 Å². The lowest BCUT2D eigenvalue weighted by Gasteiger charge is -2.20. The summed E-state index contributed by atoms with van der Waals surface area (Å²) in [5.74, 6) is 2.48. The van der Waals surface area contributed by atoms with Gasteiger partial charge in [-0.25, -0.2) is 4.98 Å². The van der Waals surface area contributed by atoms with E-state index in [1.807, 2.05) is 6.07 Å². The van der Waals surface area contributed by atoms with E-state index in [-0.39, 0.29) is 0 Å². The monoisotopic (exact) mass is 278 g/mol. The van der Waals surface area contributed by atoms with Crippen molar-refractivity contribution in [2.45, 2.75) is 46.1 Å². The molecule has 2 nitrogen and oxygen atoms in total. The van der Waals surface area contributed by atoms with Crippen LogP contribution in [0.1, 0.15) is 45.5 Å². The zero-order valence-electron chi connectivity index (χ0n) is 12.1. The van der Waals surface area contributed by atoms with Crippen LogP contribution in [0.4, 0.5) is 0 Å². The Kier molecular flexibility index (Phi) is 4.87. The van der Waals surface area contributed by atoms with Crippen LogP contribution in [0.5, 0.6) is 0 Å². The molecular weight excluding hydrogens is 256 g/mol. The highest BCUT2D eigenvalue weighted by Gasteiger charge is 2.16. The fraction of sp³-hybridized carbons (Fsp3) is 0.562. The second kappa shape index (κ2) is 6.42. The first-order valence-electron chi connectivity index (χ1n) is 7.19. The summed E-state index contributed by atoms with van der Waals surface area (Å²) in [6.07, 6.45) is 3.25. The van der Waals surface area contributed by atoms with Gasteiger partial charge in [0, 0.05) is 18.3 Å². The van der Waals surface area contributed by atoms with E-state index < -0.39 is 0 Å². The first-order chi connectivity index (χ1) is 9.17. The van der Waals surface area contributed by atoms with Gasteiger partial charge < -0.3 is 4.57 Å². The summed E-state index contributed by atoms with van der Waals surface area (Å²) in [5.41, 5.74) is 2.32. The van der Waals surface area contributed by atoms with Crippen molar-refractivity contribution in [3.05, 3.63) is 30.1 Å². The molecule has 2 unspecified atom stereocenters. The molecule has 0 radical (unpaired) electrons. The second-order valence-corrected chi connectivity index (χ2v) is 5.80. The molecule has 0 spiro atoms. The number of fused-ring (bicyclic) bond motifs is 1. The molecule has 0 bridgehead atoms. The molecule has 104 valence electrons. The molecule has 0 N–H and O–H groups in total. The average Bonchev–Trinajstić information content (AvgIpc) is 2.76. The maximum atomic E-state index is 5.92. The molecule has 2 aromatic rings. The largest absolute Gasteiger partial charge is 0.325 e. The van der Waals surface area contributed by atoms with E-state index >= 15 is 0 Å². The van der Waals surface area contributed by atoms with Gasteiger partial charge in [-0.2, -0.15) is 0 Å². The van der Waals surface area contributed by atoms with Gasteiger partial charge in [0.2, 0.25) is 0 Å². The van der Waals surface area contributed by atoms with E-state index in [9.17, 15) is 0 Å². The lowest BCUT2D eigenvalue weighted by atomic mass is 10.00. The molecule has 19 heavy (non-hydrogen) atoms. The molecule has 0 aliphatic rings. The summed E-state index contributed by atoms with van der Waals surface area (Å²) in [4.78, 5) is 4.74. The van der Waals surface area contributed by atoms with Crippen LogP contribution in [-0.4, -0.2) is 15.4 Å². The minimum atomic E-state index is 0.473. The molecule has 2 rings (SSSR count). The maximum Gasteiger partial charge on any atom is 0.111 e. The second-order valence-electron chi connectivity index (χ2n) is 5.42. The van der Waals surface area contributed by atoms with E-state index in [1.54, 1.807) is 0 Å². The van der Waals surface area contributed by atoms with Gasteiger partial charge in [0.25, 0.3) is 0 Å². The minimum Gasteiger partial charge on any atom is -0.325 e. The van der Waals surface area contributed by atoms with Crippen LogP contribution >= 0.6 is 11.6 Å². The summed E-state index contributed by atoms with van der Waals surface area (Å²) in [6.45, 7) is 6.86. The van der Waals surface area contributed by atoms with Gasteiger partial charge in [-0.05, 0) is 31.4 Å². The molecule has 0 fully saturated rings. The van der Waals surface area contributed by atoms with Crippen LogP contribution < -0.4 is 0 Å². The quantitative estimate of drug-likeness (QED) is 0.693. The third-order valence-electron chi connectivity index (χ3n) is 3.87. The highest BCUT2D eigenvalue weighted by molar-refractivity contribution is 6.17. The molecule has 0 saturated carbocycles. The summed E-state index contributed by atoms with van der Waals surface area (Å²) >= 11 is 5.92. The van der Waals surface area contributed by atoms with Gasteiger partial charge in [-0.15, -0.1) is 11.6 Å². The topological polar surface area (TPSA) is 17.8 Å². The Morgan fingerprint density at radius 2 is 2.00 bits per heavy atom. The molecule has 0 saturated heterocycles. The molecule has 1 aromatic heterocycles. The van der Waals surface area contributed by atoms with Crippen molar-refractivity contribution in [3.63, 3.8) is 0 Å². The maximum absolute atomic E-state index is 5.92. The first-order valence-corrected chi connectivity index (χ1v) is 7.72. The Hall–Kier alpha value is -1.02. The van der Waals surface area contributed by atoms with Crippen LogP contribution in [0.25, 0.3) is 11.0 Å². The third kappa shape index (κ3) is 3.11. The number of hydrogen-bond donors (Lipinski definition) is 0. The molecule has 3 heteroatoms. The fourth-order valence-corrected chi connectivity index (χ4v) is 2.87. The number of nitrogens with zero attached hydrogens (tertiary/aromatic N) is 2. The van der Waals surface area contributed by atoms with Crippen molar-refractivity contribution in [1.29, 1.82) is 0 Å². The smallest absolute Gasteiger partial charge is 0.111 e. The normalized spacial score (nSPS) is 14.7. The number of halogens is 1. The fourth-order valence-electron chi connectivity index (χ4n) is 2.70. The van der Waals surface area contributed by atoms with Crippen LogP contribution in [0.2, 0.25) is 0 Å². The van der Waals surface area contributed by atoms with Crippen molar-refractivity contribution in [3.8, 4) is 0 Å². The van der Waals surface area contributed by atoms with E-state index in [0.29, 0.717) is 11.9 Å². The number of para-hydroxylation sites is 2. The molecule has 1 aromatic carbocycles. The minimum absolute atomic E-state index is 0.473. The van der Waals surface area contributed by atoms with E-state index in [2.05, 4.69) is 43.5 Å². The Morgan fingerprint density at radius 1 is 1.26 bits per heavy atom. The Labute approximate surface area is 120 Å².